The van der Waals surface area contributed by atoms with E-state index < -0.39 is 0 Å². The zero-order chi connectivity index (χ0) is 19.2. The van der Waals surface area contributed by atoms with E-state index in [0.29, 0.717) is 12.2 Å². The Hall–Kier alpha value is -2.24. The SMILES string of the molecule is CCOC(=O)C1=C(C)NC(SCc2ccc(Cl)cc2)=N[C@@H]1c1ccccc1. The van der Waals surface area contributed by atoms with Gasteiger partial charge < -0.3 is 10.1 Å². The third-order valence-corrected chi connectivity index (χ3v) is 5.33. The molecule has 2 aromatic rings. The number of hydrogen-bond donors (Lipinski definition) is 1. The number of benzene rings is 2. The van der Waals surface area contributed by atoms with Gasteiger partial charge in [-0.1, -0.05) is 65.8 Å². The topological polar surface area (TPSA) is 50.7 Å². The van der Waals surface area contributed by atoms with Crippen LogP contribution in [-0.4, -0.2) is 17.7 Å². The molecule has 0 unspecified atom stereocenters. The second-order valence-corrected chi connectivity index (χ2v) is 7.45. The number of rotatable bonds is 5. The van der Waals surface area contributed by atoms with Gasteiger partial charge in [0, 0.05) is 16.5 Å². The van der Waals surface area contributed by atoms with E-state index in [1.807, 2.05) is 61.5 Å². The molecule has 27 heavy (non-hydrogen) atoms. The van der Waals surface area contributed by atoms with Crippen LogP contribution in [0, 0.1) is 0 Å². The number of carbonyl (C=O) groups excluding carboxylic acids is 1. The lowest BCUT2D eigenvalue weighted by atomic mass is 9.97. The highest BCUT2D eigenvalue weighted by molar-refractivity contribution is 8.13. The van der Waals surface area contributed by atoms with Crippen molar-refractivity contribution in [3.05, 3.63) is 82.0 Å². The van der Waals surface area contributed by atoms with Crippen molar-refractivity contribution in [1.29, 1.82) is 0 Å². The number of aliphatic imine (C=N–C) groups is 1. The molecule has 0 saturated heterocycles. The minimum absolute atomic E-state index is 0.332. The van der Waals surface area contributed by atoms with E-state index in [4.69, 9.17) is 21.3 Å². The van der Waals surface area contributed by atoms with Crippen LogP contribution in [0.4, 0.5) is 0 Å². The molecule has 2 aromatic carbocycles. The van der Waals surface area contributed by atoms with Crippen molar-refractivity contribution >= 4 is 34.5 Å². The van der Waals surface area contributed by atoms with Gasteiger partial charge in [0.05, 0.1) is 12.2 Å². The number of ether oxygens (including phenoxy) is 1. The molecule has 0 radical (unpaired) electrons. The number of amidine groups is 1. The molecule has 4 nitrogen and oxygen atoms in total. The van der Waals surface area contributed by atoms with Crippen molar-refractivity contribution in [2.45, 2.75) is 25.6 Å². The van der Waals surface area contributed by atoms with Crippen molar-refractivity contribution in [2.24, 2.45) is 4.99 Å². The van der Waals surface area contributed by atoms with E-state index in [0.717, 1.165) is 32.8 Å². The van der Waals surface area contributed by atoms with E-state index in [1.54, 1.807) is 18.7 Å². The first-order chi connectivity index (χ1) is 13.1. The number of halogens is 1. The standard InChI is InChI=1S/C21H21ClN2O2S/c1-3-26-20(25)18-14(2)23-21(24-19(18)16-7-5-4-6-8-16)27-13-15-9-11-17(22)12-10-15/h4-12,19H,3,13H2,1-2H3,(H,23,24)/t19-/m1/s1. The average Bonchev–Trinajstić information content (AvgIpc) is 2.68. The number of nitrogens with one attached hydrogen (secondary N) is 1. The van der Waals surface area contributed by atoms with Crippen molar-refractivity contribution in [1.82, 2.24) is 5.32 Å². The number of esters is 1. The summed E-state index contributed by atoms with van der Waals surface area (Å²) in [5.41, 5.74) is 3.45. The van der Waals surface area contributed by atoms with Crippen LogP contribution in [0.25, 0.3) is 0 Å². The molecule has 6 heteroatoms. The third kappa shape index (κ3) is 4.93. The van der Waals surface area contributed by atoms with Crippen LogP contribution in [0.15, 0.2) is 70.9 Å². The zero-order valence-electron chi connectivity index (χ0n) is 15.2. The molecule has 0 saturated carbocycles. The lowest BCUT2D eigenvalue weighted by Gasteiger charge is -2.25. The van der Waals surface area contributed by atoms with Crippen molar-refractivity contribution in [3.8, 4) is 0 Å². The quantitative estimate of drug-likeness (QED) is 0.708. The molecule has 140 valence electrons. The number of hydrogen-bond acceptors (Lipinski definition) is 5. The second kappa shape index (κ2) is 9.11. The maximum atomic E-state index is 12.5. The molecule has 0 fully saturated rings. The van der Waals surface area contributed by atoms with Crippen LogP contribution in [0.5, 0.6) is 0 Å². The summed E-state index contributed by atoms with van der Waals surface area (Å²) in [7, 11) is 0. The summed E-state index contributed by atoms with van der Waals surface area (Å²) in [4.78, 5) is 17.3. The maximum absolute atomic E-state index is 12.5. The fourth-order valence-electron chi connectivity index (χ4n) is 2.80. The Bertz CT molecular complexity index is 864. The monoisotopic (exact) mass is 400 g/mol. The highest BCUT2D eigenvalue weighted by Gasteiger charge is 2.30. The Balaban J connectivity index is 1.84. The third-order valence-electron chi connectivity index (χ3n) is 4.12. The van der Waals surface area contributed by atoms with Crippen molar-refractivity contribution < 1.29 is 9.53 Å². The van der Waals surface area contributed by atoms with Gasteiger partial charge in [0.15, 0.2) is 5.17 Å². The molecule has 1 atom stereocenters. The molecule has 0 spiro atoms. The first-order valence-corrected chi connectivity index (χ1v) is 10.1. The summed E-state index contributed by atoms with van der Waals surface area (Å²) >= 11 is 7.54. The molecule has 1 aliphatic heterocycles. The summed E-state index contributed by atoms with van der Waals surface area (Å²) < 4.78 is 5.25. The molecular formula is C21H21ClN2O2S. The molecule has 1 aliphatic rings. The van der Waals surface area contributed by atoms with Gasteiger partial charge in [-0.05, 0) is 37.1 Å². The van der Waals surface area contributed by atoms with Crippen molar-refractivity contribution in [3.63, 3.8) is 0 Å². The lowest BCUT2D eigenvalue weighted by molar-refractivity contribution is -0.138. The number of thioether (sulfide) groups is 1. The number of allylic oxidation sites excluding steroid dienone is 1. The Labute approximate surface area is 168 Å². The Morgan fingerprint density at radius 3 is 2.56 bits per heavy atom. The van der Waals surface area contributed by atoms with Gasteiger partial charge in [-0.25, -0.2) is 9.79 Å². The van der Waals surface area contributed by atoms with Crippen LogP contribution < -0.4 is 5.32 Å². The molecule has 0 aromatic heterocycles. The smallest absolute Gasteiger partial charge is 0.338 e. The molecule has 1 N–H and O–H groups in total. The summed E-state index contributed by atoms with van der Waals surface area (Å²) in [6.45, 7) is 4.02. The lowest BCUT2D eigenvalue weighted by Crippen LogP contribution is -2.30. The summed E-state index contributed by atoms with van der Waals surface area (Å²) in [6.07, 6.45) is 0. The summed E-state index contributed by atoms with van der Waals surface area (Å²) in [6, 6.07) is 17.2. The van der Waals surface area contributed by atoms with Gasteiger partial charge in [-0.2, -0.15) is 0 Å². The van der Waals surface area contributed by atoms with Crippen LogP contribution in [0.2, 0.25) is 5.02 Å². The molecular weight excluding hydrogens is 380 g/mol. The number of carbonyl (C=O) groups is 1. The van der Waals surface area contributed by atoms with Gasteiger partial charge in [-0.3, -0.25) is 0 Å². The van der Waals surface area contributed by atoms with Crippen LogP contribution in [0.3, 0.4) is 0 Å². The minimum atomic E-state index is -0.376. The highest BCUT2D eigenvalue weighted by atomic mass is 35.5. The second-order valence-electron chi connectivity index (χ2n) is 6.05. The highest BCUT2D eigenvalue weighted by Crippen LogP contribution is 2.33. The molecule has 0 amide bonds. The van der Waals surface area contributed by atoms with E-state index in [1.165, 1.54) is 0 Å². The van der Waals surface area contributed by atoms with E-state index in [9.17, 15) is 4.79 Å². The summed E-state index contributed by atoms with van der Waals surface area (Å²) in [5.74, 6) is 0.425. The Kier molecular flexibility index (Phi) is 6.58. The molecule has 3 rings (SSSR count). The van der Waals surface area contributed by atoms with E-state index >= 15 is 0 Å². The van der Waals surface area contributed by atoms with E-state index in [-0.39, 0.29) is 12.0 Å². The molecule has 1 heterocycles. The van der Waals surface area contributed by atoms with E-state index in [2.05, 4.69) is 5.32 Å². The first kappa shape index (κ1) is 19.5. The zero-order valence-corrected chi connectivity index (χ0v) is 16.8. The Morgan fingerprint density at radius 1 is 1.19 bits per heavy atom. The Morgan fingerprint density at radius 2 is 1.89 bits per heavy atom. The van der Waals surface area contributed by atoms with Gasteiger partial charge in [-0.15, -0.1) is 0 Å². The average molecular weight is 401 g/mol. The molecule has 0 aliphatic carbocycles. The van der Waals surface area contributed by atoms with Gasteiger partial charge in [0.2, 0.25) is 0 Å². The molecule has 0 bridgehead atoms. The minimum Gasteiger partial charge on any atom is -0.463 e. The van der Waals surface area contributed by atoms with Crippen LogP contribution >= 0.6 is 23.4 Å². The normalized spacial score (nSPS) is 16.6. The predicted octanol–water partition coefficient (Wildman–Crippen LogP) is 5.11. The van der Waals surface area contributed by atoms with Crippen LogP contribution in [-0.2, 0) is 15.3 Å². The summed E-state index contributed by atoms with van der Waals surface area (Å²) in [5, 5.41) is 4.76. The fourth-order valence-corrected chi connectivity index (χ4v) is 3.83. The van der Waals surface area contributed by atoms with Gasteiger partial charge in [0.1, 0.15) is 6.04 Å². The van der Waals surface area contributed by atoms with Crippen molar-refractivity contribution in [2.75, 3.05) is 6.61 Å². The largest absolute Gasteiger partial charge is 0.463 e. The fraction of sp³-hybridized carbons (Fsp3) is 0.238. The van der Waals surface area contributed by atoms with Crippen LogP contribution in [0.1, 0.15) is 31.0 Å². The van der Waals surface area contributed by atoms with Gasteiger partial charge in [0.25, 0.3) is 0 Å². The first-order valence-electron chi connectivity index (χ1n) is 8.73. The maximum Gasteiger partial charge on any atom is 0.338 e. The van der Waals surface area contributed by atoms with Gasteiger partial charge >= 0.3 is 5.97 Å². The number of nitrogens with zero attached hydrogens (tertiary/aromatic N) is 1. The predicted molar refractivity (Wildman–Crippen MR) is 112 cm³/mol.